The van der Waals surface area contributed by atoms with Gasteiger partial charge >= 0.3 is 23.9 Å². The molecule has 10 nitrogen and oxygen atoms in total. The average Bonchev–Trinajstić information content (AvgIpc) is 2.84. The highest BCUT2D eigenvalue weighted by Crippen LogP contribution is 2.31. The van der Waals surface area contributed by atoms with E-state index in [9.17, 15) is 19.2 Å². The molecule has 1 unspecified atom stereocenters. The van der Waals surface area contributed by atoms with Crippen LogP contribution >= 0.6 is 0 Å². The minimum absolute atomic E-state index is 0.0513. The summed E-state index contributed by atoms with van der Waals surface area (Å²) in [4.78, 5) is 48.3. The number of rotatable bonds is 9. The minimum atomic E-state index is -1.43. The highest BCUT2D eigenvalue weighted by molar-refractivity contribution is 5.89. The molecule has 0 radical (unpaired) electrons. The van der Waals surface area contributed by atoms with E-state index in [0.29, 0.717) is 0 Å². The Morgan fingerprint density at radius 1 is 0.722 bits per heavy atom. The first-order valence-corrected chi connectivity index (χ1v) is 11.3. The van der Waals surface area contributed by atoms with E-state index in [1.54, 1.807) is 30.3 Å². The molecule has 5 atom stereocenters. The van der Waals surface area contributed by atoms with Gasteiger partial charge in [0.25, 0.3) is 0 Å². The van der Waals surface area contributed by atoms with Crippen molar-refractivity contribution in [2.75, 3.05) is 6.61 Å². The van der Waals surface area contributed by atoms with Gasteiger partial charge in [0.1, 0.15) is 18.8 Å². The van der Waals surface area contributed by atoms with Crippen LogP contribution < -0.4 is 0 Å². The molecule has 0 aromatic heterocycles. The summed E-state index contributed by atoms with van der Waals surface area (Å²) in [6.45, 7) is 3.30. The minimum Gasteiger partial charge on any atom is -0.463 e. The van der Waals surface area contributed by atoms with E-state index >= 15 is 0 Å². The molecule has 36 heavy (non-hydrogen) atoms. The van der Waals surface area contributed by atoms with Crippen molar-refractivity contribution < 1.29 is 47.6 Å². The van der Waals surface area contributed by atoms with Gasteiger partial charge in [-0.2, -0.15) is 0 Å². The van der Waals surface area contributed by atoms with E-state index < -0.39 is 54.6 Å². The second kappa shape index (κ2) is 12.8. The molecule has 2 aromatic rings. The van der Waals surface area contributed by atoms with Crippen LogP contribution in [-0.2, 0) is 49.4 Å². The molecule has 0 spiro atoms. The maximum Gasteiger partial charge on any atom is 0.338 e. The summed E-state index contributed by atoms with van der Waals surface area (Å²) < 4.78 is 33.6. The van der Waals surface area contributed by atoms with Crippen molar-refractivity contribution in [1.82, 2.24) is 0 Å². The summed E-state index contributed by atoms with van der Waals surface area (Å²) in [6.07, 6.45) is -6.12. The summed E-state index contributed by atoms with van der Waals surface area (Å²) in [7, 11) is 0. The topological polar surface area (TPSA) is 124 Å². The average molecular weight is 501 g/mol. The Hall–Kier alpha value is -3.76. The van der Waals surface area contributed by atoms with Crippen LogP contribution in [0.4, 0.5) is 0 Å². The van der Waals surface area contributed by atoms with E-state index in [1.807, 2.05) is 30.3 Å². The third-order valence-corrected chi connectivity index (χ3v) is 5.16. The first-order chi connectivity index (χ1) is 17.2. The lowest BCUT2D eigenvalue weighted by Crippen LogP contribution is -2.62. The Morgan fingerprint density at radius 2 is 1.33 bits per heavy atom. The highest BCUT2D eigenvalue weighted by atomic mass is 16.7. The highest BCUT2D eigenvalue weighted by Gasteiger charge is 2.52. The standard InChI is InChI=1S/C26H28O10/c1-16(27)31-15-21-22(33-17(2)28)23(32-14-19-10-6-4-7-11-19)24(26(35-21)34-18(3)29)36-25(30)20-12-8-5-9-13-20/h4-13,21-24,26H,14-15H2,1-3H3/t21-,22-,23+,24-,26?/m0/s1. The van der Waals surface area contributed by atoms with Crippen molar-refractivity contribution in [3.05, 3.63) is 71.8 Å². The molecule has 2 aromatic carbocycles. The number of hydrogen-bond donors (Lipinski definition) is 0. The molecule has 1 fully saturated rings. The smallest absolute Gasteiger partial charge is 0.338 e. The Kier molecular flexibility index (Phi) is 9.54. The van der Waals surface area contributed by atoms with Crippen molar-refractivity contribution in [3.8, 4) is 0 Å². The quantitative estimate of drug-likeness (QED) is 0.375. The summed E-state index contributed by atoms with van der Waals surface area (Å²) in [5.74, 6) is -2.69. The van der Waals surface area contributed by atoms with Crippen molar-refractivity contribution in [1.29, 1.82) is 0 Å². The maximum atomic E-state index is 12.9. The van der Waals surface area contributed by atoms with Crippen LogP contribution in [0.5, 0.6) is 0 Å². The van der Waals surface area contributed by atoms with E-state index in [2.05, 4.69) is 0 Å². The Bertz CT molecular complexity index is 1040. The van der Waals surface area contributed by atoms with Crippen LogP contribution in [0.2, 0.25) is 0 Å². The number of carbonyl (C=O) groups is 4. The van der Waals surface area contributed by atoms with Gasteiger partial charge in [-0.25, -0.2) is 4.79 Å². The molecule has 10 heteroatoms. The number of carbonyl (C=O) groups excluding carboxylic acids is 4. The second-order valence-corrected chi connectivity index (χ2v) is 8.03. The van der Waals surface area contributed by atoms with Crippen molar-refractivity contribution in [2.24, 2.45) is 0 Å². The van der Waals surface area contributed by atoms with Gasteiger partial charge in [-0.3, -0.25) is 14.4 Å². The Morgan fingerprint density at radius 3 is 1.92 bits per heavy atom. The van der Waals surface area contributed by atoms with E-state index in [0.717, 1.165) is 5.56 Å². The van der Waals surface area contributed by atoms with Crippen LogP contribution in [0, 0.1) is 0 Å². The van der Waals surface area contributed by atoms with Gasteiger partial charge in [-0.15, -0.1) is 0 Å². The van der Waals surface area contributed by atoms with Gasteiger partial charge in [-0.1, -0.05) is 48.5 Å². The fraction of sp³-hybridized carbons (Fsp3) is 0.385. The van der Waals surface area contributed by atoms with Gasteiger partial charge in [-0.05, 0) is 17.7 Å². The summed E-state index contributed by atoms with van der Waals surface area (Å²) in [6, 6.07) is 17.3. The molecule has 0 N–H and O–H groups in total. The summed E-state index contributed by atoms with van der Waals surface area (Å²) in [5, 5.41) is 0. The largest absolute Gasteiger partial charge is 0.463 e. The zero-order valence-electron chi connectivity index (χ0n) is 20.2. The first kappa shape index (κ1) is 26.8. The monoisotopic (exact) mass is 500 g/mol. The second-order valence-electron chi connectivity index (χ2n) is 8.03. The molecular formula is C26H28O10. The van der Waals surface area contributed by atoms with Gasteiger partial charge in [0.15, 0.2) is 12.2 Å². The number of benzene rings is 2. The lowest BCUT2D eigenvalue weighted by atomic mass is 9.98. The van der Waals surface area contributed by atoms with Gasteiger partial charge in [0, 0.05) is 20.8 Å². The summed E-state index contributed by atoms with van der Waals surface area (Å²) >= 11 is 0. The predicted molar refractivity (Wildman–Crippen MR) is 123 cm³/mol. The van der Waals surface area contributed by atoms with Gasteiger partial charge < -0.3 is 28.4 Å². The summed E-state index contributed by atoms with van der Waals surface area (Å²) in [5.41, 5.74) is 1.03. The molecule has 0 saturated carbocycles. The van der Waals surface area contributed by atoms with E-state index in [4.69, 9.17) is 28.4 Å². The molecule has 1 heterocycles. The van der Waals surface area contributed by atoms with Crippen LogP contribution in [0.1, 0.15) is 36.7 Å². The zero-order chi connectivity index (χ0) is 26.1. The van der Waals surface area contributed by atoms with Crippen molar-refractivity contribution >= 4 is 23.9 Å². The van der Waals surface area contributed by atoms with Crippen LogP contribution in [-0.4, -0.2) is 61.2 Å². The molecular weight excluding hydrogens is 472 g/mol. The number of hydrogen-bond acceptors (Lipinski definition) is 10. The van der Waals surface area contributed by atoms with Crippen LogP contribution in [0.15, 0.2) is 60.7 Å². The maximum absolute atomic E-state index is 12.9. The molecule has 1 saturated heterocycles. The number of ether oxygens (including phenoxy) is 6. The predicted octanol–water partition coefficient (Wildman–Crippen LogP) is 2.58. The van der Waals surface area contributed by atoms with E-state index in [1.165, 1.54) is 20.8 Å². The Balaban J connectivity index is 1.97. The fourth-order valence-corrected chi connectivity index (χ4v) is 3.65. The third-order valence-electron chi connectivity index (χ3n) is 5.16. The number of esters is 4. The van der Waals surface area contributed by atoms with Crippen molar-refractivity contribution in [2.45, 2.75) is 58.1 Å². The van der Waals surface area contributed by atoms with Gasteiger partial charge in [0.2, 0.25) is 6.29 Å². The SMILES string of the molecule is CC(=O)OC[C@@H]1OC(OC(C)=O)[C@@H](OC(=O)c2ccccc2)[C@H](OCc2ccccc2)[C@H]1OC(C)=O. The first-order valence-electron chi connectivity index (χ1n) is 11.3. The molecule has 1 aliphatic rings. The van der Waals surface area contributed by atoms with Crippen molar-refractivity contribution in [3.63, 3.8) is 0 Å². The molecule has 3 rings (SSSR count). The molecule has 0 bridgehead atoms. The Labute approximate surface area is 208 Å². The zero-order valence-corrected chi connectivity index (χ0v) is 20.2. The fourth-order valence-electron chi connectivity index (χ4n) is 3.65. The lowest BCUT2D eigenvalue weighted by Gasteiger charge is -2.44. The normalized spacial score (nSPS) is 23.2. The molecule has 1 aliphatic heterocycles. The third kappa shape index (κ3) is 7.62. The van der Waals surface area contributed by atoms with Crippen LogP contribution in [0.3, 0.4) is 0 Å². The van der Waals surface area contributed by atoms with Crippen LogP contribution in [0.25, 0.3) is 0 Å². The molecule has 0 amide bonds. The van der Waals surface area contributed by atoms with Gasteiger partial charge in [0.05, 0.1) is 12.2 Å². The molecule has 0 aliphatic carbocycles. The van der Waals surface area contributed by atoms with E-state index in [-0.39, 0.29) is 18.8 Å². The molecule has 192 valence electrons. The lowest BCUT2D eigenvalue weighted by molar-refractivity contribution is -0.302.